The van der Waals surface area contributed by atoms with Gasteiger partial charge in [0.05, 0.1) is 12.2 Å². The molecule has 2 aromatic rings. The standard InChI is InChI=1S/C15H10ClNO4S/c16-22(20)21-7-8-5-6-11-12(13(8)17)15(19)10-4-2-1-3-9(10)14(11)18/h1-6H,7,17H2. The maximum absolute atomic E-state index is 12.6. The van der Waals surface area contributed by atoms with Crippen molar-refractivity contribution in [1.29, 1.82) is 0 Å². The number of carbonyl (C=O) groups excluding carboxylic acids is 2. The molecular formula is C15H10ClNO4S. The van der Waals surface area contributed by atoms with Crippen LogP contribution in [0.4, 0.5) is 5.69 Å². The molecular weight excluding hydrogens is 326 g/mol. The third-order valence-electron chi connectivity index (χ3n) is 3.53. The summed E-state index contributed by atoms with van der Waals surface area (Å²) in [5.74, 6) is -0.554. The van der Waals surface area contributed by atoms with E-state index in [2.05, 4.69) is 0 Å². The number of rotatable bonds is 3. The highest BCUT2D eigenvalue weighted by atomic mass is 35.7. The van der Waals surface area contributed by atoms with Gasteiger partial charge in [0, 0.05) is 38.6 Å². The van der Waals surface area contributed by atoms with Crippen LogP contribution < -0.4 is 5.73 Å². The molecule has 2 N–H and O–H groups in total. The van der Waals surface area contributed by atoms with Crippen molar-refractivity contribution < 1.29 is 18.0 Å². The molecule has 1 unspecified atom stereocenters. The van der Waals surface area contributed by atoms with E-state index in [1.54, 1.807) is 30.3 Å². The van der Waals surface area contributed by atoms with Crippen molar-refractivity contribution in [2.75, 3.05) is 5.73 Å². The Morgan fingerprint density at radius 2 is 1.64 bits per heavy atom. The Bertz CT molecular complexity index is 834. The van der Waals surface area contributed by atoms with Gasteiger partial charge in [-0.15, -0.1) is 0 Å². The van der Waals surface area contributed by atoms with Crippen LogP contribution in [0.1, 0.15) is 37.4 Å². The molecule has 7 heteroatoms. The quantitative estimate of drug-likeness (QED) is 0.586. The van der Waals surface area contributed by atoms with Crippen molar-refractivity contribution in [3.05, 3.63) is 64.2 Å². The van der Waals surface area contributed by atoms with Crippen LogP contribution >= 0.6 is 10.7 Å². The second-order valence-corrected chi connectivity index (χ2v) is 6.10. The summed E-state index contributed by atoms with van der Waals surface area (Å²) in [4.78, 5) is 25.1. The van der Waals surface area contributed by atoms with Crippen LogP contribution in [-0.2, 0) is 21.1 Å². The normalized spacial score (nSPS) is 14.4. The molecule has 5 nitrogen and oxygen atoms in total. The molecule has 0 fully saturated rings. The first-order valence-corrected chi connectivity index (χ1v) is 8.22. The fraction of sp³-hybridized carbons (Fsp3) is 0.0667. The van der Waals surface area contributed by atoms with Crippen LogP contribution in [0, 0.1) is 0 Å². The van der Waals surface area contributed by atoms with E-state index in [1.165, 1.54) is 6.07 Å². The molecule has 112 valence electrons. The molecule has 0 bridgehead atoms. The second-order valence-electron chi connectivity index (χ2n) is 4.72. The minimum atomic E-state index is -1.96. The largest absolute Gasteiger partial charge is 0.398 e. The number of nitrogens with two attached hydrogens (primary N) is 1. The molecule has 0 radical (unpaired) electrons. The van der Waals surface area contributed by atoms with E-state index in [0.717, 1.165) is 0 Å². The molecule has 3 rings (SSSR count). The van der Waals surface area contributed by atoms with Crippen molar-refractivity contribution in [3.8, 4) is 0 Å². The Balaban J connectivity index is 2.13. The molecule has 0 saturated carbocycles. The van der Waals surface area contributed by atoms with Crippen molar-refractivity contribution >= 4 is 38.2 Å². The zero-order valence-corrected chi connectivity index (χ0v) is 12.7. The Morgan fingerprint density at radius 1 is 1.00 bits per heavy atom. The predicted molar refractivity (Wildman–Crippen MR) is 82.9 cm³/mol. The summed E-state index contributed by atoms with van der Waals surface area (Å²) in [5.41, 5.74) is 7.71. The number of hydrogen-bond acceptors (Lipinski definition) is 5. The van der Waals surface area contributed by atoms with Crippen molar-refractivity contribution in [2.24, 2.45) is 0 Å². The maximum Gasteiger partial charge on any atom is 0.256 e. The monoisotopic (exact) mass is 335 g/mol. The Kier molecular flexibility index (Phi) is 3.82. The van der Waals surface area contributed by atoms with E-state index < -0.39 is 10.3 Å². The third-order valence-corrected chi connectivity index (χ3v) is 4.10. The SMILES string of the molecule is Nc1c(COS(=O)Cl)ccc2c1C(=O)c1ccccc1C2=O. The molecule has 0 heterocycles. The lowest BCUT2D eigenvalue weighted by atomic mass is 9.82. The van der Waals surface area contributed by atoms with E-state index in [9.17, 15) is 13.8 Å². The minimum Gasteiger partial charge on any atom is -0.398 e. The number of carbonyl (C=O) groups is 2. The van der Waals surface area contributed by atoms with Gasteiger partial charge < -0.3 is 5.73 Å². The van der Waals surface area contributed by atoms with Gasteiger partial charge >= 0.3 is 0 Å². The first kappa shape index (κ1) is 14.9. The Labute approximate surface area is 133 Å². The summed E-state index contributed by atoms with van der Waals surface area (Å²) in [5, 5.41) is 0. The fourth-order valence-corrected chi connectivity index (χ4v) is 2.84. The topological polar surface area (TPSA) is 86.5 Å². The first-order chi connectivity index (χ1) is 10.5. The summed E-state index contributed by atoms with van der Waals surface area (Å²) in [6, 6.07) is 9.69. The van der Waals surface area contributed by atoms with Crippen LogP contribution in [0.2, 0.25) is 0 Å². The number of halogens is 1. The van der Waals surface area contributed by atoms with Crippen LogP contribution in [0.5, 0.6) is 0 Å². The molecule has 0 aromatic heterocycles. The smallest absolute Gasteiger partial charge is 0.256 e. The predicted octanol–water partition coefficient (Wildman–Crippen LogP) is 2.38. The average molecular weight is 336 g/mol. The van der Waals surface area contributed by atoms with Gasteiger partial charge in [-0.2, -0.15) is 0 Å². The van der Waals surface area contributed by atoms with Crippen LogP contribution in [-0.4, -0.2) is 15.8 Å². The van der Waals surface area contributed by atoms with E-state index in [1.807, 2.05) is 0 Å². The third kappa shape index (κ3) is 2.35. The first-order valence-electron chi connectivity index (χ1n) is 6.31. The molecule has 2 aromatic carbocycles. The highest BCUT2D eigenvalue weighted by Gasteiger charge is 2.31. The van der Waals surface area contributed by atoms with Crippen LogP contribution in [0.25, 0.3) is 0 Å². The number of benzene rings is 2. The summed E-state index contributed by atoms with van der Waals surface area (Å²) >= 11 is 0. The molecule has 1 aliphatic carbocycles. The van der Waals surface area contributed by atoms with Crippen molar-refractivity contribution in [2.45, 2.75) is 6.61 Å². The molecule has 1 atom stereocenters. The van der Waals surface area contributed by atoms with Crippen molar-refractivity contribution in [3.63, 3.8) is 0 Å². The summed E-state index contributed by atoms with van der Waals surface area (Å²) in [6.45, 7) is -0.113. The summed E-state index contributed by atoms with van der Waals surface area (Å²) < 4.78 is 15.6. The molecule has 0 amide bonds. The number of fused-ring (bicyclic) bond motifs is 2. The van der Waals surface area contributed by atoms with Gasteiger partial charge in [0.15, 0.2) is 11.6 Å². The molecule has 1 aliphatic rings. The van der Waals surface area contributed by atoms with Gasteiger partial charge in [-0.25, -0.2) is 4.21 Å². The van der Waals surface area contributed by atoms with Gasteiger partial charge in [-0.3, -0.25) is 13.8 Å². The molecule has 0 aliphatic heterocycles. The van der Waals surface area contributed by atoms with Crippen LogP contribution in [0.15, 0.2) is 36.4 Å². The minimum absolute atomic E-state index is 0.113. The lowest BCUT2D eigenvalue weighted by Crippen LogP contribution is -2.23. The number of hydrogen-bond donors (Lipinski definition) is 1. The zero-order valence-electron chi connectivity index (χ0n) is 11.2. The molecule has 22 heavy (non-hydrogen) atoms. The number of ketones is 2. The van der Waals surface area contributed by atoms with Gasteiger partial charge in [-0.1, -0.05) is 30.3 Å². The van der Waals surface area contributed by atoms with Gasteiger partial charge in [0.2, 0.25) is 0 Å². The Morgan fingerprint density at radius 3 is 2.27 bits per heavy atom. The van der Waals surface area contributed by atoms with Gasteiger partial charge in [0.1, 0.15) is 0 Å². The average Bonchev–Trinajstić information content (AvgIpc) is 2.51. The lowest BCUT2D eigenvalue weighted by Gasteiger charge is -2.20. The van der Waals surface area contributed by atoms with E-state index in [-0.39, 0.29) is 35.0 Å². The fourth-order valence-electron chi connectivity index (χ4n) is 2.49. The maximum atomic E-state index is 12.6. The summed E-state index contributed by atoms with van der Waals surface area (Å²) in [7, 11) is 3.27. The highest BCUT2D eigenvalue weighted by Crippen LogP contribution is 2.32. The number of anilines is 1. The molecule has 0 spiro atoms. The van der Waals surface area contributed by atoms with Gasteiger partial charge in [0.25, 0.3) is 10.3 Å². The van der Waals surface area contributed by atoms with Gasteiger partial charge in [-0.05, 0) is 6.07 Å². The van der Waals surface area contributed by atoms with E-state index >= 15 is 0 Å². The van der Waals surface area contributed by atoms with Crippen molar-refractivity contribution in [1.82, 2.24) is 0 Å². The van der Waals surface area contributed by atoms with E-state index in [0.29, 0.717) is 16.7 Å². The Hall–Kier alpha value is -2.02. The van der Waals surface area contributed by atoms with Crippen LogP contribution in [0.3, 0.4) is 0 Å². The molecule has 0 saturated heterocycles. The second kappa shape index (κ2) is 5.64. The zero-order chi connectivity index (χ0) is 15.9. The van der Waals surface area contributed by atoms with E-state index in [4.69, 9.17) is 20.6 Å². The highest BCUT2D eigenvalue weighted by molar-refractivity contribution is 8.04. The summed E-state index contributed by atoms with van der Waals surface area (Å²) in [6.07, 6.45) is 0. The lowest BCUT2D eigenvalue weighted by molar-refractivity contribution is 0.0979. The number of nitrogen functional groups attached to an aromatic ring is 1.